The van der Waals surface area contributed by atoms with E-state index in [1.807, 2.05) is 29.6 Å². The molecule has 0 unspecified atom stereocenters. The van der Waals surface area contributed by atoms with E-state index in [1.165, 1.54) is 16.9 Å². The molecule has 0 aliphatic rings. The van der Waals surface area contributed by atoms with Gasteiger partial charge in [-0.2, -0.15) is 0 Å². The average molecular weight is 385 g/mol. The molecule has 0 radical (unpaired) electrons. The monoisotopic (exact) mass is 385 g/mol. The first-order valence-electron chi connectivity index (χ1n) is 8.90. The fourth-order valence-corrected chi connectivity index (χ4v) is 3.57. The third kappa shape index (κ3) is 4.54. The van der Waals surface area contributed by atoms with Crippen LogP contribution in [0.25, 0.3) is 10.2 Å². The molecule has 1 aromatic carbocycles. The maximum Gasteiger partial charge on any atom is 0.262 e. The Labute approximate surface area is 161 Å². The number of amides is 1. The van der Waals surface area contributed by atoms with E-state index in [9.17, 15) is 9.59 Å². The van der Waals surface area contributed by atoms with E-state index in [0.717, 1.165) is 4.83 Å². The summed E-state index contributed by atoms with van der Waals surface area (Å²) in [4.78, 5) is 29.6. The van der Waals surface area contributed by atoms with Gasteiger partial charge in [0.1, 0.15) is 16.4 Å². The Kier molecular flexibility index (Phi) is 5.91. The Morgan fingerprint density at radius 3 is 2.70 bits per heavy atom. The van der Waals surface area contributed by atoms with Crippen LogP contribution in [0.4, 0.5) is 0 Å². The van der Waals surface area contributed by atoms with Crippen molar-refractivity contribution in [2.45, 2.75) is 33.2 Å². The molecule has 6 nitrogen and oxygen atoms in total. The topological polar surface area (TPSA) is 73.2 Å². The lowest BCUT2D eigenvalue weighted by Crippen LogP contribution is -2.34. The summed E-state index contributed by atoms with van der Waals surface area (Å²) >= 11 is 1.45. The minimum absolute atomic E-state index is 0.0588. The van der Waals surface area contributed by atoms with Crippen LogP contribution in [0.5, 0.6) is 5.75 Å². The Hall–Kier alpha value is -2.67. The SMILES string of the molecule is Cc1nc2sccc2c(=O)n1CCNC(=O)COc1ccc(C(C)C)cc1. The van der Waals surface area contributed by atoms with Crippen LogP contribution in [0, 0.1) is 6.92 Å². The van der Waals surface area contributed by atoms with Crippen LogP contribution in [-0.4, -0.2) is 28.6 Å². The summed E-state index contributed by atoms with van der Waals surface area (Å²) < 4.78 is 7.09. The fraction of sp³-hybridized carbons (Fsp3) is 0.350. The van der Waals surface area contributed by atoms with Gasteiger partial charge in [-0.3, -0.25) is 14.2 Å². The van der Waals surface area contributed by atoms with Crippen LogP contribution in [-0.2, 0) is 11.3 Å². The lowest BCUT2D eigenvalue weighted by Gasteiger charge is -2.11. The summed E-state index contributed by atoms with van der Waals surface area (Å²) in [6.07, 6.45) is 0. The number of rotatable bonds is 7. The number of ether oxygens (including phenoxy) is 1. The van der Waals surface area contributed by atoms with Crippen LogP contribution in [0.3, 0.4) is 0 Å². The Morgan fingerprint density at radius 2 is 2.00 bits per heavy atom. The molecule has 0 saturated heterocycles. The van der Waals surface area contributed by atoms with E-state index in [4.69, 9.17) is 4.74 Å². The van der Waals surface area contributed by atoms with E-state index in [1.54, 1.807) is 17.6 Å². The van der Waals surface area contributed by atoms with E-state index >= 15 is 0 Å². The summed E-state index contributed by atoms with van der Waals surface area (Å²) in [5, 5.41) is 5.25. The molecule has 0 aliphatic heterocycles. The van der Waals surface area contributed by atoms with Crippen LogP contribution >= 0.6 is 11.3 Å². The predicted octanol–water partition coefficient (Wildman–Crippen LogP) is 3.09. The molecular weight excluding hydrogens is 362 g/mol. The molecular formula is C20H23N3O3S. The highest BCUT2D eigenvalue weighted by molar-refractivity contribution is 7.16. The van der Waals surface area contributed by atoms with Crippen LogP contribution in [0.2, 0.25) is 0 Å². The number of carbonyl (C=O) groups is 1. The van der Waals surface area contributed by atoms with Gasteiger partial charge < -0.3 is 10.1 Å². The Balaban J connectivity index is 1.50. The number of hydrogen-bond acceptors (Lipinski definition) is 5. The number of thiophene rings is 1. The third-order valence-electron chi connectivity index (χ3n) is 4.35. The van der Waals surface area contributed by atoms with E-state index in [2.05, 4.69) is 24.1 Å². The second-order valence-corrected chi connectivity index (χ2v) is 7.51. The Bertz CT molecular complexity index is 990. The van der Waals surface area contributed by atoms with Gasteiger partial charge in [0.05, 0.1) is 5.39 Å². The molecule has 0 spiro atoms. The summed E-state index contributed by atoms with van der Waals surface area (Å²) in [5.74, 6) is 1.54. The highest BCUT2D eigenvalue weighted by Crippen LogP contribution is 2.18. The van der Waals surface area contributed by atoms with Crippen molar-refractivity contribution in [3.8, 4) is 5.75 Å². The van der Waals surface area contributed by atoms with Crippen molar-refractivity contribution < 1.29 is 9.53 Å². The van der Waals surface area contributed by atoms with Crippen molar-refractivity contribution in [1.82, 2.24) is 14.9 Å². The smallest absolute Gasteiger partial charge is 0.262 e. The molecule has 2 heterocycles. The van der Waals surface area contributed by atoms with Gasteiger partial charge in [0.15, 0.2) is 6.61 Å². The summed E-state index contributed by atoms with van der Waals surface area (Å²) in [6, 6.07) is 9.52. The average Bonchev–Trinajstić information content (AvgIpc) is 3.11. The number of hydrogen-bond donors (Lipinski definition) is 1. The number of fused-ring (bicyclic) bond motifs is 1. The van der Waals surface area contributed by atoms with Gasteiger partial charge in [-0.25, -0.2) is 4.98 Å². The van der Waals surface area contributed by atoms with E-state index in [-0.39, 0.29) is 18.1 Å². The fourth-order valence-electron chi connectivity index (χ4n) is 2.77. The summed E-state index contributed by atoms with van der Waals surface area (Å²) in [6.45, 7) is 6.71. The highest BCUT2D eigenvalue weighted by atomic mass is 32.1. The van der Waals surface area contributed by atoms with Crippen molar-refractivity contribution in [1.29, 1.82) is 0 Å². The molecule has 27 heavy (non-hydrogen) atoms. The number of aromatic nitrogens is 2. The van der Waals surface area contributed by atoms with Gasteiger partial charge in [0, 0.05) is 13.1 Å². The van der Waals surface area contributed by atoms with Crippen LogP contribution < -0.4 is 15.6 Å². The lowest BCUT2D eigenvalue weighted by atomic mass is 10.0. The minimum atomic E-state index is -0.224. The van der Waals surface area contributed by atoms with Gasteiger partial charge >= 0.3 is 0 Å². The second-order valence-electron chi connectivity index (χ2n) is 6.62. The molecule has 0 aliphatic carbocycles. The maximum atomic E-state index is 12.5. The zero-order chi connectivity index (χ0) is 19.4. The molecule has 0 saturated carbocycles. The first-order valence-corrected chi connectivity index (χ1v) is 9.78. The van der Waals surface area contributed by atoms with Crippen molar-refractivity contribution in [2.24, 2.45) is 0 Å². The first kappa shape index (κ1) is 19.1. The summed E-state index contributed by atoms with van der Waals surface area (Å²) in [5.41, 5.74) is 1.15. The van der Waals surface area contributed by atoms with Gasteiger partial charge in [-0.05, 0) is 42.0 Å². The van der Waals surface area contributed by atoms with Crippen LogP contribution in [0.1, 0.15) is 31.2 Å². The zero-order valence-electron chi connectivity index (χ0n) is 15.7. The molecule has 1 N–H and O–H groups in total. The molecule has 0 atom stereocenters. The predicted molar refractivity (Wildman–Crippen MR) is 108 cm³/mol. The molecule has 7 heteroatoms. The molecule has 1 amide bonds. The van der Waals surface area contributed by atoms with Crippen molar-refractivity contribution >= 4 is 27.5 Å². The number of carbonyl (C=O) groups excluding carboxylic acids is 1. The Morgan fingerprint density at radius 1 is 1.26 bits per heavy atom. The van der Waals surface area contributed by atoms with Gasteiger partial charge in [0.2, 0.25) is 0 Å². The van der Waals surface area contributed by atoms with Crippen LogP contribution in [0.15, 0.2) is 40.5 Å². The number of nitrogens with zero attached hydrogens (tertiary/aromatic N) is 2. The van der Waals surface area contributed by atoms with Crippen molar-refractivity contribution in [3.05, 3.63) is 57.5 Å². The lowest BCUT2D eigenvalue weighted by molar-refractivity contribution is -0.123. The maximum absolute atomic E-state index is 12.5. The largest absolute Gasteiger partial charge is 0.484 e. The minimum Gasteiger partial charge on any atom is -0.484 e. The van der Waals surface area contributed by atoms with Crippen molar-refractivity contribution in [2.75, 3.05) is 13.2 Å². The molecule has 3 rings (SSSR count). The van der Waals surface area contributed by atoms with Crippen molar-refractivity contribution in [3.63, 3.8) is 0 Å². The van der Waals surface area contributed by atoms with E-state index < -0.39 is 0 Å². The number of benzene rings is 1. The zero-order valence-corrected chi connectivity index (χ0v) is 16.5. The van der Waals surface area contributed by atoms with Gasteiger partial charge in [0.25, 0.3) is 11.5 Å². The summed E-state index contributed by atoms with van der Waals surface area (Å²) in [7, 11) is 0. The first-order chi connectivity index (χ1) is 13.0. The molecule has 0 fully saturated rings. The van der Waals surface area contributed by atoms with Gasteiger partial charge in [-0.1, -0.05) is 26.0 Å². The quantitative estimate of drug-likeness (QED) is 0.678. The van der Waals surface area contributed by atoms with Gasteiger partial charge in [-0.15, -0.1) is 11.3 Å². The standard InChI is InChI=1S/C20H23N3O3S/c1-13(2)15-4-6-16(7-5-15)26-12-18(24)21-9-10-23-14(3)22-19-17(20(23)25)8-11-27-19/h4-8,11,13H,9-10,12H2,1-3H3,(H,21,24). The molecule has 3 aromatic rings. The molecule has 0 bridgehead atoms. The molecule has 2 aromatic heterocycles. The number of aryl methyl sites for hydroxylation is 1. The molecule has 142 valence electrons. The number of nitrogens with one attached hydrogen (secondary N) is 1. The second kappa shape index (κ2) is 8.35. The highest BCUT2D eigenvalue weighted by Gasteiger charge is 2.09. The van der Waals surface area contributed by atoms with E-state index in [0.29, 0.717) is 36.0 Å². The third-order valence-corrected chi connectivity index (χ3v) is 5.16. The normalized spacial score (nSPS) is 11.1.